The van der Waals surface area contributed by atoms with Gasteiger partial charge in [0, 0.05) is 6.54 Å². The summed E-state index contributed by atoms with van der Waals surface area (Å²) in [6.07, 6.45) is 0. The average molecular weight is 337 g/mol. The van der Waals surface area contributed by atoms with Crippen LogP contribution in [-0.4, -0.2) is 21.6 Å². The van der Waals surface area contributed by atoms with E-state index in [0.29, 0.717) is 11.7 Å². The summed E-state index contributed by atoms with van der Waals surface area (Å²) in [6.45, 7) is 4.39. The van der Waals surface area contributed by atoms with Crippen molar-refractivity contribution < 1.29 is 17.5 Å². The lowest BCUT2D eigenvalue weighted by Gasteiger charge is -2.10. The van der Waals surface area contributed by atoms with Crippen molar-refractivity contribution in [1.82, 2.24) is 4.72 Å². The van der Waals surface area contributed by atoms with Crippen LogP contribution in [0.2, 0.25) is 0 Å². The van der Waals surface area contributed by atoms with Crippen LogP contribution in [0.1, 0.15) is 25.3 Å². The van der Waals surface area contributed by atoms with E-state index in [1.54, 1.807) is 12.1 Å². The first kappa shape index (κ1) is 17.4. The van der Waals surface area contributed by atoms with Gasteiger partial charge in [0.15, 0.2) is 0 Å². The van der Waals surface area contributed by atoms with Gasteiger partial charge >= 0.3 is 0 Å². The normalized spacial score (nSPS) is 11.7. The Morgan fingerprint density at radius 3 is 2.22 bits per heavy atom. The zero-order valence-electron chi connectivity index (χ0n) is 13.1. The summed E-state index contributed by atoms with van der Waals surface area (Å²) >= 11 is 0. The number of halogens is 1. The van der Waals surface area contributed by atoms with E-state index in [1.807, 2.05) is 12.1 Å². The molecule has 0 aromatic heterocycles. The van der Waals surface area contributed by atoms with Crippen molar-refractivity contribution in [2.45, 2.75) is 24.7 Å². The second-order valence-electron chi connectivity index (χ2n) is 5.42. The summed E-state index contributed by atoms with van der Waals surface area (Å²) in [6, 6.07) is 12.4. The third kappa shape index (κ3) is 5.04. The van der Waals surface area contributed by atoms with Crippen LogP contribution in [0.25, 0.3) is 0 Å². The fourth-order valence-electron chi connectivity index (χ4n) is 1.99. The maximum Gasteiger partial charge on any atom is 0.240 e. The van der Waals surface area contributed by atoms with Crippen molar-refractivity contribution in [3.63, 3.8) is 0 Å². The SMILES string of the molecule is CC(C)c1ccc(S(=O)(=O)NCCOc2ccc(F)cc2)cc1. The van der Waals surface area contributed by atoms with E-state index >= 15 is 0 Å². The van der Waals surface area contributed by atoms with E-state index < -0.39 is 10.0 Å². The zero-order valence-corrected chi connectivity index (χ0v) is 13.9. The largest absolute Gasteiger partial charge is 0.492 e. The summed E-state index contributed by atoms with van der Waals surface area (Å²) in [5.41, 5.74) is 1.09. The summed E-state index contributed by atoms with van der Waals surface area (Å²) < 4.78 is 44.9. The van der Waals surface area contributed by atoms with Crippen LogP contribution in [0.5, 0.6) is 5.75 Å². The Balaban J connectivity index is 1.87. The third-order valence-corrected chi connectivity index (χ3v) is 4.81. The van der Waals surface area contributed by atoms with Gasteiger partial charge in [-0.3, -0.25) is 0 Å². The van der Waals surface area contributed by atoms with Crippen molar-refractivity contribution >= 4 is 10.0 Å². The monoisotopic (exact) mass is 337 g/mol. The molecule has 23 heavy (non-hydrogen) atoms. The molecular formula is C17H20FNO3S. The van der Waals surface area contributed by atoms with E-state index in [4.69, 9.17) is 4.74 Å². The molecule has 1 N–H and O–H groups in total. The Morgan fingerprint density at radius 1 is 1.04 bits per heavy atom. The first-order chi connectivity index (χ1) is 10.9. The van der Waals surface area contributed by atoms with Gasteiger partial charge in [-0.1, -0.05) is 26.0 Å². The molecule has 2 aromatic carbocycles. The Bertz CT molecular complexity index is 725. The van der Waals surface area contributed by atoms with Gasteiger partial charge in [0.1, 0.15) is 18.2 Å². The van der Waals surface area contributed by atoms with E-state index in [-0.39, 0.29) is 23.9 Å². The Kier molecular flexibility index (Phi) is 5.74. The standard InChI is InChI=1S/C17H20FNO3S/c1-13(2)14-3-9-17(10-4-14)23(20,21)19-11-12-22-16-7-5-15(18)6-8-16/h3-10,13,19H,11-12H2,1-2H3. The molecule has 0 radical (unpaired) electrons. The lowest BCUT2D eigenvalue weighted by Crippen LogP contribution is -2.28. The predicted molar refractivity (Wildman–Crippen MR) is 87.6 cm³/mol. The first-order valence-corrected chi connectivity index (χ1v) is 8.85. The smallest absolute Gasteiger partial charge is 0.240 e. The molecule has 2 aromatic rings. The number of hydrogen-bond donors (Lipinski definition) is 1. The van der Waals surface area contributed by atoms with E-state index in [2.05, 4.69) is 18.6 Å². The van der Waals surface area contributed by atoms with Gasteiger partial charge < -0.3 is 4.74 Å². The summed E-state index contributed by atoms with van der Waals surface area (Å²) in [4.78, 5) is 0.226. The Hall–Kier alpha value is -1.92. The molecule has 0 aliphatic carbocycles. The summed E-state index contributed by atoms with van der Waals surface area (Å²) in [5.74, 6) is 0.499. The number of hydrogen-bond acceptors (Lipinski definition) is 3. The van der Waals surface area contributed by atoms with E-state index in [9.17, 15) is 12.8 Å². The molecule has 0 aliphatic rings. The highest BCUT2D eigenvalue weighted by Gasteiger charge is 2.13. The van der Waals surface area contributed by atoms with E-state index in [0.717, 1.165) is 5.56 Å². The number of sulfonamides is 1. The molecule has 0 amide bonds. The van der Waals surface area contributed by atoms with Crippen LogP contribution in [0.3, 0.4) is 0 Å². The lowest BCUT2D eigenvalue weighted by atomic mass is 10.0. The van der Waals surface area contributed by atoms with Gasteiger partial charge in [0.2, 0.25) is 10.0 Å². The van der Waals surface area contributed by atoms with Crippen molar-refractivity contribution in [3.05, 3.63) is 59.9 Å². The van der Waals surface area contributed by atoms with Crippen LogP contribution in [0.15, 0.2) is 53.4 Å². The first-order valence-electron chi connectivity index (χ1n) is 7.36. The minimum atomic E-state index is -3.55. The molecule has 0 aliphatic heterocycles. The second kappa shape index (κ2) is 7.57. The number of benzene rings is 2. The summed E-state index contributed by atoms with van der Waals surface area (Å²) in [7, 11) is -3.55. The minimum Gasteiger partial charge on any atom is -0.492 e. The van der Waals surface area contributed by atoms with E-state index in [1.165, 1.54) is 24.3 Å². The fourth-order valence-corrected chi connectivity index (χ4v) is 3.00. The molecule has 0 saturated carbocycles. The van der Waals surface area contributed by atoms with Crippen molar-refractivity contribution in [3.8, 4) is 5.75 Å². The molecule has 0 bridgehead atoms. The van der Waals surface area contributed by atoms with Crippen LogP contribution < -0.4 is 9.46 Å². The maximum atomic E-state index is 12.7. The molecule has 4 nitrogen and oxygen atoms in total. The average Bonchev–Trinajstić information content (AvgIpc) is 2.53. The third-order valence-electron chi connectivity index (χ3n) is 3.33. The molecule has 0 fully saturated rings. The van der Waals surface area contributed by atoms with Gasteiger partial charge in [-0.05, 0) is 47.9 Å². The van der Waals surface area contributed by atoms with Gasteiger partial charge in [-0.25, -0.2) is 17.5 Å². The topological polar surface area (TPSA) is 55.4 Å². The number of ether oxygens (including phenoxy) is 1. The highest BCUT2D eigenvalue weighted by atomic mass is 32.2. The fraction of sp³-hybridized carbons (Fsp3) is 0.294. The van der Waals surface area contributed by atoms with Crippen molar-refractivity contribution in [2.75, 3.05) is 13.2 Å². The van der Waals surface area contributed by atoms with Crippen LogP contribution in [0.4, 0.5) is 4.39 Å². The molecule has 6 heteroatoms. The highest BCUT2D eigenvalue weighted by Crippen LogP contribution is 2.17. The highest BCUT2D eigenvalue weighted by molar-refractivity contribution is 7.89. The van der Waals surface area contributed by atoms with Gasteiger partial charge in [0.05, 0.1) is 4.90 Å². The van der Waals surface area contributed by atoms with Gasteiger partial charge in [-0.15, -0.1) is 0 Å². The molecule has 0 saturated heterocycles. The summed E-state index contributed by atoms with van der Waals surface area (Å²) in [5, 5.41) is 0. The molecule has 124 valence electrons. The van der Waals surface area contributed by atoms with Crippen LogP contribution in [0, 0.1) is 5.82 Å². The van der Waals surface area contributed by atoms with Crippen molar-refractivity contribution in [1.29, 1.82) is 0 Å². The Labute approximate surface area is 136 Å². The predicted octanol–water partition coefficient (Wildman–Crippen LogP) is 3.31. The van der Waals surface area contributed by atoms with Crippen LogP contribution >= 0.6 is 0 Å². The zero-order chi connectivity index (χ0) is 16.9. The van der Waals surface area contributed by atoms with Gasteiger partial charge in [0.25, 0.3) is 0 Å². The lowest BCUT2D eigenvalue weighted by molar-refractivity contribution is 0.322. The molecular weight excluding hydrogens is 317 g/mol. The molecule has 0 spiro atoms. The molecule has 2 rings (SSSR count). The number of rotatable bonds is 7. The minimum absolute atomic E-state index is 0.131. The maximum absolute atomic E-state index is 12.7. The molecule has 0 unspecified atom stereocenters. The van der Waals surface area contributed by atoms with Gasteiger partial charge in [-0.2, -0.15) is 0 Å². The van der Waals surface area contributed by atoms with Crippen LogP contribution in [-0.2, 0) is 10.0 Å². The second-order valence-corrected chi connectivity index (χ2v) is 7.19. The number of nitrogens with one attached hydrogen (secondary N) is 1. The Morgan fingerprint density at radius 2 is 1.65 bits per heavy atom. The quantitative estimate of drug-likeness (QED) is 0.789. The molecule has 0 atom stereocenters. The van der Waals surface area contributed by atoms with Crippen molar-refractivity contribution in [2.24, 2.45) is 0 Å². The molecule has 0 heterocycles.